The summed E-state index contributed by atoms with van der Waals surface area (Å²) in [6, 6.07) is 6.13. The van der Waals surface area contributed by atoms with Crippen LogP contribution in [0.4, 0.5) is 0 Å². The molecule has 4 nitrogen and oxygen atoms in total. The molecule has 0 saturated heterocycles. The fourth-order valence-corrected chi connectivity index (χ4v) is 2.55. The van der Waals surface area contributed by atoms with E-state index in [4.69, 9.17) is 9.47 Å². The molecule has 4 heteroatoms. The number of aliphatic hydroxyl groups excluding tert-OH is 1. The van der Waals surface area contributed by atoms with Gasteiger partial charge in [0, 0.05) is 18.2 Å². The molecule has 1 saturated carbocycles. The lowest BCUT2D eigenvalue weighted by atomic mass is 10.1. The molecule has 2 unspecified atom stereocenters. The Bertz CT molecular complexity index is 408. The Morgan fingerprint density at radius 3 is 3.06 bits per heavy atom. The van der Waals surface area contributed by atoms with Crippen LogP contribution in [0.5, 0.6) is 11.5 Å². The van der Waals surface area contributed by atoms with Crippen molar-refractivity contribution in [1.82, 2.24) is 5.32 Å². The second-order valence-corrected chi connectivity index (χ2v) is 4.64. The number of nitrogens with one attached hydrogen (secondary N) is 1. The van der Waals surface area contributed by atoms with E-state index in [0.29, 0.717) is 13.3 Å². The Labute approximate surface area is 101 Å². The molecule has 1 fully saturated rings. The normalized spacial score (nSPS) is 26.4. The minimum atomic E-state index is -0.205. The van der Waals surface area contributed by atoms with Gasteiger partial charge < -0.3 is 19.9 Å². The highest BCUT2D eigenvalue weighted by Crippen LogP contribution is 2.35. The standard InChI is InChI=1S/C13H17NO3/c15-11-5-2-4-10(11)14-7-9-3-1-6-12-13(9)17-8-16-12/h1,3,6,10-11,14-15H,2,4-5,7-8H2. The maximum Gasteiger partial charge on any atom is 0.231 e. The van der Waals surface area contributed by atoms with Crippen molar-refractivity contribution >= 4 is 0 Å². The van der Waals surface area contributed by atoms with Gasteiger partial charge in [-0.3, -0.25) is 0 Å². The Balaban J connectivity index is 1.67. The lowest BCUT2D eigenvalue weighted by molar-refractivity contribution is 0.148. The van der Waals surface area contributed by atoms with Crippen LogP contribution in [-0.4, -0.2) is 24.0 Å². The van der Waals surface area contributed by atoms with E-state index in [-0.39, 0.29) is 12.1 Å². The number of para-hydroxylation sites is 1. The van der Waals surface area contributed by atoms with Gasteiger partial charge in [-0.05, 0) is 25.3 Å². The zero-order chi connectivity index (χ0) is 11.7. The summed E-state index contributed by atoms with van der Waals surface area (Å²) in [5.41, 5.74) is 1.10. The average Bonchev–Trinajstić information content (AvgIpc) is 2.95. The molecule has 0 amide bonds. The first-order chi connectivity index (χ1) is 8.34. The molecule has 0 aromatic heterocycles. The summed E-state index contributed by atoms with van der Waals surface area (Å²) >= 11 is 0. The molecule has 2 atom stereocenters. The fourth-order valence-electron chi connectivity index (χ4n) is 2.55. The number of benzene rings is 1. The third kappa shape index (κ3) is 2.10. The van der Waals surface area contributed by atoms with E-state index in [1.807, 2.05) is 18.2 Å². The average molecular weight is 235 g/mol. The van der Waals surface area contributed by atoms with Gasteiger partial charge in [-0.15, -0.1) is 0 Å². The number of aliphatic hydroxyl groups is 1. The van der Waals surface area contributed by atoms with Crippen LogP contribution >= 0.6 is 0 Å². The van der Waals surface area contributed by atoms with Gasteiger partial charge in [0.1, 0.15) is 0 Å². The van der Waals surface area contributed by atoms with Gasteiger partial charge in [-0.25, -0.2) is 0 Å². The predicted octanol–water partition coefficient (Wildman–Crippen LogP) is 1.42. The molecule has 0 radical (unpaired) electrons. The molecule has 2 aliphatic rings. The summed E-state index contributed by atoms with van der Waals surface area (Å²) in [4.78, 5) is 0. The fraction of sp³-hybridized carbons (Fsp3) is 0.538. The van der Waals surface area contributed by atoms with Gasteiger partial charge >= 0.3 is 0 Å². The minimum absolute atomic E-state index is 0.205. The van der Waals surface area contributed by atoms with Crippen molar-refractivity contribution in [3.05, 3.63) is 23.8 Å². The number of fused-ring (bicyclic) bond motifs is 1. The SMILES string of the molecule is OC1CCCC1NCc1cccc2c1OCO2. The van der Waals surface area contributed by atoms with Crippen LogP contribution in [-0.2, 0) is 6.54 Å². The summed E-state index contributed by atoms with van der Waals surface area (Å²) in [6.45, 7) is 1.02. The van der Waals surface area contributed by atoms with Crippen LogP contribution in [0.15, 0.2) is 18.2 Å². The summed E-state index contributed by atoms with van der Waals surface area (Å²) in [5, 5.41) is 13.1. The van der Waals surface area contributed by atoms with Gasteiger partial charge in [-0.1, -0.05) is 12.1 Å². The number of hydrogen-bond donors (Lipinski definition) is 2. The smallest absolute Gasteiger partial charge is 0.231 e. The summed E-state index contributed by atoms with van der Waals surface area (Å²) < 4.78 is 10.8. The molecule has 1 aromatic carbocycles. The summed E-state index contributed by atoms with van der Waals surface area (Å²) in [6.07, 6.45) is 2.85. The quantitative estimate of drug-likeness (QED) is 0.832. The predicted molar refractivity (Wildman–Crippen MR) is 63.1 cm³/mol. The first-order valence-electron chi connectivity index (χ1n) is 6.13. The second-order valence-electron chi connectivity index (χ2n) is 4.64. The monoisotopic (exact) mass is 235 g/mol. The van der Waals surface area contributed by atoms with Crippen LogP contribution in [0, 0.1) is 0 Å². The van der Waals surface area contributed by atoms with E-state index in [9.17, 15) is 5.11 Å². The molecule has 1 aromatic rings. The third-order valence-electron chi connectivity index (χ3n) is 3.51. The Morgan fingerprint density at radius 1 is 1.29 bits per heavy atom. The number of ether oxygens (including phenoxy) is 2. The van der Waals surface area contributed by atoms with E-state index >= 15 is 0 Å². The molecule has 1 aliphatic heterocycles. The maximum absolute atomic E-state index is 9.74. The molecule has 2 N–H and O–H groups in total. The van der Waals surface area contributed by atoms with Crippen molar-refractivity contribution in [2.45, 2.75) is 38.0 Å². The van der Waals surface area contributed by atoms with E-state index in [2.05, 4.69) is 5.32 Å². The van der Waals surface area contributed by atoms with Crippen molar-refractivity contribution in [1.29, 1.82) is 0 Å². The largest absolute Gasteiger partial charge is 0.454 e. The highest BCUT2D eigenvalue weighted by atomic mass is 16.7. The molecular weight excluding hydrogens is 218 g/mol. The van der Waals surface area contributed by atoms with Gasteiger partial charge in [0.05, 0.1) is 6.10 Å². The number of rotatable bonds is 3. The molecule has 17 heavy (non-hydrogen) atoms. The summed E-state index contributed by atoms with van der Waals surface area (Å²) in [7, 11) is 0. The third-order valence-corrected chi connectivity index (χ3v) is 3.51. The Kier molecular flexibility index (Phi) is 2.91. The first kappa shape index (κ1) is 10.9. The van der Waals surface area contributed by atoms with E-state index in [1.54, 1.807) is 0 Å². The van der Waals surface area contributed by atoms with Crippen molar-refractivity contribution in [3.63, 3.8) is 0 Å². The van der Waals surface area contributed by atoms with Gasteiger partial charge in [0.15, 0.2) is 11.5 Å². The number of hydrogen-bond acceptors (Lipinski definition) is 4. The van der Waals surface area contributed by atoms with Crippen LogP contribution < -0.4 is 14.8 Å². The van der Waals surface area contributed by atoms with Crippen molar-refractivity contribution < 1.29 is 14.6 Å². The molecule has 0 spiro atoms. The highest BCUT2D eigenvalue weighted by molar-refractivity contribution is 5.48. The van der Waals surface area contributed by atoms with Crippen LogP contribution in [0.25, 0.3) is 0 Å². The lowest BCUT2D eigenvalue weighted by Crippen LogP contribution is -2.35. The molecule has 3 rings (SSSR count). The topological polar surface area (TPSA) is 50.7 Å². The van der Waals surface area contributed by atoms with Crippen LogP contribution in [0.2, 0.25) is 0 Å². The lowest BCUT2D eigenvalue weighted by Gasteiger charge is -2.16. The van der Waals surface area contributed by atoms with Gasteiger partial charge in [0.25, 0.3) is 0 Å². The Hall–Kier alpha value is -1.26. The highest BCUT2D eigenvalue weighted by Gasteiger charge is 2.25. The van der Waals surface area contributed by atoms with Crippen molar-refractivity contribution in [3.8, 4) is 11.5 Å². The molecule has 92 valence electrons. The van der Waals surface area contributed by atoms with E-state index in [1.165, 1.54) is 0 Å². The van der Waals surface area contributed by atoms with Crippen LogP contribution in [0.3, 0.4) is 0 Å². The molecular formula is C13H17NO3. The van der Waals surface area contributed by atoms with Gasteiger partial charge in [-0.2, -0.15) is 0 Å². The maximum atomic E-state index is 9.74. The first-order valence-corrected chi connectivity index (χ1v) is 6.13. The van der Waals surface area contributed by atoms with E-state index in [0.717, 1.165) is 36.3 Å². The van der Waals surface area contributed by atoms with Crippen molar-refractivity contribution in [2.24, 2.45) is 0 Å². The molecule has 0 bridgehead atoms. The second kappa shape index (κ2) is 4.55. The van der Waals surface area contributed by atoms with Crippen LogP contribution in [0.1, 0.15) is 24.8 Å². The summed E-state index contributed by atoms with van der Waals surface area (Å²) in [5.74, 6) is 1.66. The molecule has 1 heterocycles. The zero-order valence-electron chi connectivity index (χ0n) is 9.69. The van der Waals surface area contributed by atoms with Gasteiger partial charge in [0.2, 0.25) is 6.79 Å². The van der Waals surface area contributed by atoms with E-state index < -0.39 is 0 Å². The molecule has 1 aliphatic carbocycles. The Morgan fingerprint density at radius 2 is 2.24 bits per heavy atom. The minimum Gasteiger partial charge on any atom is -0.454 e. The zero-order valence-corrected chi connectivity index (χ0v) is 9.69. The van der Waals surface area contributed by atoms with Crippen molar-refractivity contribution in [2.75, 3.05) is 6.79 Å².